The van der Waals surface area contributed by atoms with E-state index in [1.807, 2.05) is 19.0 Å². The first-order chi connectivity index (χ1) is 9.41. The lowest BCUT2D eigenvalue weighted by molar-refractivity contribution is 0.385. The second-order valence-electron chi connectivity index (χ2n) is 5.12. The average Bonchev–Trinajstić information content (AvgIpc) is 2.73. The van der Waals surface area contributed by atoms with Crippen LogP contribution in [0.15, 0.2) is 12.1 Å². The maximum Gasteiger partial charge on any atom is 0.184 e. The summed E-state index contributed by atoms with van der Waals surface area (Å²) in [7, 11) is 3.94. The van der Waals surface area contributed by atoms with Gasteiger partial charge in [-0.2, -0.15) is 0 Å². The minimum Gasteiger partial charge on any atom is -0.324 e. The number of benzene rings is 1. The van der Waals surface area contributed by atoms with Crippen LogP contribution in [0.3, 0.4) is 0 Å². The van der Waals surface area contributed by atoms with Gasteiger partial charge in [0.25, 0.3) is 0 Å². The quantitative estimate of drug-likeness (QED) is 0.787. The first-order valence-electron chi connectivity index (χ1n) is 6.54. The highest BCUT2D eigenvalue weighted by Crippen LogP contribution is 2.27. The van der Waals surface area contributed by atoms with Crippen LogP contribution in [-0.4, -0.2) is 35.1 Å². The molecule has 1 atom stereocenters. The zero-order valence-corrected chi connectivity index (χ0v) is 12.6. The van der Waals surface area contributed by atoms with Gasteiger partial charge in [0.1, 0.15) is 11.3 Å². The number of hydrogen-bond acceptors (Lipinski definition) is 2. The number of rotatable bonds is 5. The number of halogens is 3. The van der Waals surface area contributed by atoms with Crippen molar-refractivity contribution < 1.29 is 8.78 Å². The van der Waals surface area contributed by atoms with Gasteiger partial charge < -0.3 is 9.47 Å². The summed E-state index contributed by atoms with van der Waals surface area (Å²) in [4.78, 5) is 6.36. The van der Waals surface area contributed by atoms with E-state index in [-0.39, 0.29) is 10.9 Å². The van der Waals surface area contributed by atoms with Crippen molar-refractivity contribution >= 4 is 22.6 Å². The van der Waals surface area contributed by atoms with Crippen LogP contribution in [0.5, 0.6) is 0 Å². The molecule has 1 aromatic heterocycles. The Labute approximate surface area is 122 Å². The molecule has 6 heteroatoms. The van der Waals surface area contributed by atoms with Crippen molar-refractivity contribution in [2.75, 3.05) is 20.6 Å². The number of nitrogens with zero attached hydrogens (tertiary/aromatic N) is 3. The number of hydrogen-bond donors (Lipinski definition) is 0. The van der Waals surface area contributed by atoms with Crippen LogP contribution >= 0.6 is 11.6 Å². The zero-order chi connectivity index (χ0) is 14.9. The van der Waals surface area contributed by atoms with Gasteiger partial charge >= 0.3 is 0 Å². The molecule has 0 N–H and O–H groups in total. The van der Waals surface area contributed by atoms with E-state index in [1.165, 1.54) is 6.07 Å². The van der Waals surface area contributed by atoms with Gasteiger partial charge in [0.2, 0.25) is 0 Å². The van der Waals surface area contributed by atoms with E-state index in [2.05, 4.69) is 4.98 Å². The van der Waals surface area contributed by atoms with Crippen LogP contribution in [-0.2, 0) is 6.54 Å². The van der Waals surface area contributed by atoms with Crippen LogP contribution in [0.25, 0.3) is 11.0 Å². The van der Waals surface area contributed by atoms with E-state index in [9.17, 15) is 8.78 Å². The smallest absolute Gasteiger partial charge is 0.184 e. The summed E-state index contributed by atoms with van der Waals surface area (Å²) in [6, 6.07) is 2.58. The summed E-state index contributed by atoms with van der Waals surface area (Å²) >= 11 is 6.10. The van der Waals surface area contributed by atoms with Crippen molar-refractivity contribution in [2.45, 2.75) is 25.3 Å². The third-order valence-corrected chi connectivity index (χ3v) is 3.37. The molecule has 2 rings (SSSR count). The summed E-state index contributed by atoms with van der Waals surface area (Å²) in [5, 5.41) is -0.357. The average molecular weight is 302 g/mol. The van der Waals surface area contributed by atoms with Gasteiger partial charge in [-0.3, -0.25) is 0 Å². The van der Waals surface area contributed by atoms with Crippen LogP contribution in [0, 0.1) is 11.6 Å². The van der Waals surface area contributed by atoms with Crippen LogP contribution < -0.4 is 0 Å². The van der Waals surface area contributed by atoms with E-state index < -0.39 is 11.6 Å². The van der Waals surface area contributed by atoms with Crippen LogP contribution in [0.1, 0.15) is 24.5 Å². The Balaban J connectivity index is 2.47. The van der Waals surface area contributed by atoms with E-state index in [0.717, 1.165) is 19.0 Å². The predicted molar refractivity (Wildman–Crippen MR) is 77.1 cm³/mol. The standard InChI is InChI=1S/C14H18ClF2N3/c1-9(15)14-18-11-6-5-10(16)12(17)13(11)20(14)8-4-7-19(2)3/h5-6,9H,4,7-8H2,1-3H3. The highest BCUT2D eigenvalue weighted by atomic mass is 35.5. The molecule has 1 heterocycles. The SMILES string of the molecule is CC(Cl)c1nc2ccc(F)c(F)c2n1CCCN(C)C. The number of aryl methyl sites for hydroxylation is 1. The minimum atomic E-state index is -0.861. The lowest BCUT2D eigenvalue weighted by Crippen LogP contribution is -2.16. The summed E-state index contributed by atoms with van der Waals surface area (Å²) in [5.41, 5.74) is 0.641. The van der Waals surface area contributed by atoms with Crippen molar-refractivity contribution in [3.8, 4) is 0 Å². The number of alkyl halides is 1. The molecule has 0 amide bonds. The largest absolute Gasteiger partial charge is 0.324 e. The fraction of sp³-hybridized carbons (Fsp3) is 0.500. The highest BCUT2D eigenvalue weighted by Gasteiger charge is 2.19. The molecule has 110 valence electrons. The maximum absolute atomic E-state index is 14.0. The Morgan fingerprint density at radius 2 is 2.05 bits per heavy atom. The third-order valence-electron chi connectivity index (χ3n) is 3.17. The van der Waals surface area contributed by atoms with Gasteiger partial charge in [0, 0.05) is 6.54 Å². The molecule has 0 aliphatic heterocycles. The number of fused-ring (bicyclic) bond motifs is 1. The molecule has 1 aromatic carbocycles. The maximum atomic E-state index is 14.0. The van der Waals surface area contributed by atoms with Gasteiger partial charge in [-0.25, -0.2) is 13.8 Å². The molecule has 0 fully saturated rings. The summed E-state index contributed by atoms with van der Waals surface area (Å²) in [6.45, 7) is 3.19. The Morgan fingerprint density at radius 1 is 1.35 bits per heavy atom. The molecular formula is C14H18ClF2N3. The predicted octanol–water partition coefficient (Wildman–Crippen LogP) is 3.57. The van der Waals surface area contributed by atoms with Gasteiger partial charge in [0.15, 0.2) is 11.6 Å². The molecule has 0 spiro atoms. The van der Waals surface area contributed by atoms with Crippen molar-refractivity contribution in [2.24, 2.45) is 0 Å². The van der Waals surface area contributed by atoms with Crippen LogP contribution in [0.4, 0.5) is 8.78 Å². The Kier molecular flexibility index (Phi) is 4.60. The molecule has 0 aliphatic carbocycles. The van der Waals surface area contributed by atoms with Gasteiger partial charge in [-0.05, 0) is 46.1 Å². The minimum absolute atomic E-state index is 0.200. The van der Waals surface area contributed by atoms with E-state index >= 15 is 0 Å². The lowest BCUT2D eigenvalue weighted by Gasteiger charge is -2.13. The summed E-state index contributed by atoms with van der Waals surface area (Å²) < 4.78 is 29.2. The Hall–Kier alpha value is -1.20. The lowest BCUT2D eigenvalue weighted by atomic mass is 10.3. The third kappa shape index (κ3) is 2.94. The monoisotopic (exact) mass is 301 g/mol. The fourth-order valence-corrected chi connectivity index (χ4v) is 2.42. The van der Waals surface area contributed by atoms with Crippen molar-refractivity contribution in [1.82, 2.24) is 14.5 Å². The second kappa shape index (κ2) is 6.06. The van der Waals surface area contributed by atoms with E-state index in [1.54, 1.807) is 11.5 Å². The van der Waals surface area contributed by atoms with Gasteiger partial charge in [-0.15, -0.1) is 11.6 Å². The van der Waals surface area contributed by atoms with Crippen LogP contribution in [0.2, 0.25) is 0 Å². The first kappa shape index (κ1) is 15.2. The highest BCUT2D eigenvalue weighted by molar-refractivity contribution is 6.20. The molecule has 0 bridgehead atoms. The Morgan fingerprint density at radius 3 is 2.65 bits per heavy atom. The van der Waals surface area contributed by atoms with Gasteiger partial charge in [0.05, 0.1) is 10.9 Å². The molecule has 0 saturated carbocycles. The second-order valence-corrected chi connectivity index (χ2v) is 5.78. The molecule has 0 aliphatic rings. The number of imidazole rings is 1. The van der Waals surface area contributed by atoms with Crippen molar-refractivity contribution in [1.29, 1.82) is 0 Å². The van der Waals surface area contributed by atoms with Gasteiger partial charge in [-0.1, -0.05) is 0 Å². The van der Waals surface area contributed by atoms with Crippen molar-refractivity contribution in [3.63, 3.8) is 0 Å². The topological polar surface area (TPSA) is 21.1 Å². The summed E-state index contributed by atoms with van der Waals surface area (Å²) in [5.74, 6) is -1.15. The molecule has 2 aromatic rings. The summed E-state index contributed by atoms with van der Waals surface area (Å²) in [6.07, 6.45) is 0.811. The van der Waals surface area contributed by atoms with E-state index in [4.69, 9.17) is 11.6 Å². The first-order valence-corrected chi connectivity index (χ1v) is 6.98. The molecular weight excluding hydrogens is 284 g/mol. The zero-order valence-electron chi connectivity index (χ0n) is 11.8. The molecule has 0 saturated heterocycles. The molecule has 3 nitrogen and oxygen atoms in total. The van der Waals surface area contributed by atoms with Crippen molar-refractivity contribution in [3.05, 3.63) is 29.6 Å². The van der Waals surface area contributed by atoms with E-state index in [0.29, 0.717) is 17.9 Å². The molecule has 20 heavy (non-hydrogen) atoms. The number of aromatic nitrogens is 2. The molecule has 1 unspecified atom stereocenters. The fourth-order valence-electron chi connectivity index (χ4n) is 2.25. The Bertz CT molecular complexity index is 608. The molecule has 0 radical (unpaired) electrons. The normalized spacial score (nSPS) is 13.3.